The molecule has 1 aliphatic rings. The number of halogens is 2. The third kappa shape index (κ3) is 6.93. The number of carbonyl (C=O) groups excluding carboxylic acids is 2. The normalized spacial score (nSPS) is 14.5. The molecule has 0 heterocycles. The highest BCUT2D eigenvalue weighted by Gasteiger charge is 2.34. The van der Waals surface area contributed by atoms with Gasteiger partial charge in [0.1, 0.15) is 12.6 Å². The first-order valence-corrected chi connectivity index (χ1v) is 15.0. The Morgan fingerprint density at radius 2 is 1.49 bits per heavy atom. The molecule has 0 saturated heterocycles. The monoisotopic (exact) mass is 587 g/mol. The molecule has 0 bridgehead atoms. The third-order valence-corrected chi connectivity index (χ3v) is 9.36. The van der Waals surface area contributed by atoms with Crippen molar-refractivity contribution in [3.63, 3.8) is 0 Å². The van der Waals surface area contributed by atoms with Gasteiger partial charge in [-0.3, -0.25) is 13.9 Å². The van der Waals surface area contributed by atoms with Crippen molar-refractivity contribution in [3.8, 4) is 0 Å². The van der Waals surface area contributed by atoms with Crippen LogP contribution in [0.4, 0.5) is 5.69 Å². The number of anilines is 1. The molecule has 10 heteroatoms. The van der Waals surface area contributed by atoms with Crippen molar-refractivity contribution < 1.29 is 18.0 Å². The van der Waals surface area contributed by atoms with E-state index < -0.39 is 28.5 Å². The zero-order valence-electron chi connectivity index (χ0n) is 21.6. The number of hydrogen-bond acceptors (Lipinski definition) is 4. The number of carbonyl (C=O) groups is 2. The zero-order chi connectivity index (χ0) is 28.0. The molecule has 4 rings (SSSR count). The lowest BCUT2D eigenvalue weighted by atomic mass is 10.1. The first-order chi connectivity index (χ1) is 18.7. The van der Waals surface area contributed by atoms with Gasteiger partial charge in [-0.2, -0.15) is 0 Å². The molecule has 1 aliphatic carbocycles. The predicted molar refractivity (Wildman–Crippen MR) is 154 cm³/mol. The maximum Gasteiger partial charge on any atom is 0.264 e. The fourth-order valence-electron chi connectivity index (χ4n) is 4.67. The highest BCUT2D eigenvalue weighted by molar-refractivity contribution is 7.92. The second-order valence-electron chi connectivity index (χ2n) is 9.56. The van der Waals surface area contributed by atoms with Crippen LogP contribution in [-0.2, 0) is 26.2 Å². The topological polar surface area (TPSA) is 86.8 Å². The number of para-hydroxylation sites is 1. The molecule has 1 N–H and O–H groups in total. The number of rotatable bonds is 10. The van der Waals surface area contributed by atoms with E-state index >= 15 is 0 Å². The summed E-state index contributed by atoms with van der Waals surface area (Å²) in [6.45, 7) is 1.11. The molecule has 7 nitrogen and oxygen atoms in total. The Bertz CT molecular complexity index is 1410. The zero-order valence-corrected chi connectivity index (χ0v) is 23.9. The second-order valence-corrected chi connectivity index (χ2v) is 12.2. The molecule has 3 aromatic carbocycles. The van der Waals surface area contributed by atoms with Crippen LogP contribution in [0.15, 0.2) is 83.8 Å². The summed E-state index contributed by atoms with van der Waals surface area (Å²) in [7, 11) is -4.18. The summed E-state index contributed by atoms with van der Waals surface area (Å²) < 4.78 is 28.6. The molecule has 1 saturated carbocycles. The van der Waals surface area contributed by atoms with Gasteiger partial charge in [-0.05, 0) is 55.7 Å². The highest BCUT2D eigenvalue weighted by Crippen LogP contribution is 2.31. The van der Waals surface area contributed by atoms with Gasteiger partial charge >= 0.3 is 0 Å². The molecule has 0 radical (unpaired) electrons. The lowest BCUT2D eigenvalue weighted by Gasteiger charge is -2.33. The number of benzene rings is 3. The summed E-state index contributed by atoms with van der Waals surface area (Å²) in [4.78, 5) is 28.6. The van der Waals surface area contributed by atoms with Gasteiger partial charge in [0.15, 0.2) is 0 Å². The van der Waals surface area contributed by atoms with Gasteiger partial charge in [-0.15, -0.1) is 0 Å². The number of hydrogen-bond donors (Lipinski definition) is 1. The average molecular weight is 589 g/mol. The fourth-order valence-corrected chi connectivity index (χ4v) is 6.61. The van der Waals surface area contributed by atoms with Crippen LogP contribution in [0.1, 0.15) is 38.2 Å². The minimum absolute atomic E-state index is 0.0161. The highest BCUT2D eigenvalue weighted by atomic mass is 35.5. The van der Waals surface area contributed by atoms with Crippen LogP contribution in [0.25, 0.3) is 0 Å². The van der Waals surface area contributed by atoms with Crippen LogP contribution in [0.5, 0.6) is 0 Å². The Morgan fingerprint density at radius 1 is 0.897 bits per heavy atom. The van der Waals surface area contributed by atoms with E-state index in [0.717, 1.165) is 30.0 Å². The van der Waals surface area contributed by atoms with Crippen molar-refractivity contribution in [1.29, 1.82) is 0 Å². The van der Waals surface area contributed by atoms with Crippen LogP contribution in [-0.4, -0.2) is 43.8 Å². The molecular formula is C29H31Cl2N3O4S. The maximum absolute atomic E-state index is 14.0. The molecule has 3 aromatic rings. The Morgan fingerprint density at radius 3 is 2.13 bits per heavy atom. The summed E-state index contributed by atoms with van der Waals surface area (Å²) in [5, 5.41) is 3.66. The summed E-state index contributed by atoms with van der Waals surface area (Å²) in [5.41, 5.74) is 0.806. The molecular weight excluding hydrogens is 557 g/mol. The van der Waals surface area contributed by atoms with E-state index in [1.165, 1.54) is 17.0 Å². The largest absolute Gasteiger partial charge is 0.352 e. The number of nitrogens with zero attached hydrogens (tertiary/aromatic N) is 2. The van der Waals surface area contributed by atoms with E-state index in [-0.39, 0.29) is 34.1 Å². The van der Waals surface area contributed by atoms with E-state index in [0.29, 0.717) is 10.6 Å². The number of amides is 2. The Balaban J connectivity index is 1.69. The molecule has 0 aromatic heterocycles. The fraction of sp³-hybridized carbons (Fsp3) is 0.310. The first-order valence-electron chi connectivity index (χ1n) is 12.8. The Hall–Kier alpha value is -3.07. The van der Waals surface area contributed by atoms with Crippen LogP contribution < -0.4 is 9.62 Å². The van der Waals surface area contributed by atoms with E-state index in [2.05, 4.69) is 5.32 Å². The first kappa shape index (κ1) is 28.9. The molecule has 0 spiro atoms. The van der Waals surface area contributed by atoms with Crippen LogP contribution in [0.3, 0.4) is 0 Å². The van der Waals surface area contributed by atoms with Crippen LogP contribution >= 0.6 is 23.2 Å². The molecule has 2 amide bonds. The SMILES string of the molecule is C[C@@H](C(=O)NC1CCCC1)N(Cc1ccccc1Cl)C(=O)CN(c1ccccc1Cl)S(=O)(=O)c1ccccc1. The summed E-state index contributed by atoms with van der Waals surface area (Å²) in [6.07, 6.45) is 3.89. The van der Waals surface area contributed by atoms with E-state index in [1.54, 1.807) is 73.7 Å². The molecule has 39 heavy (non-hydrogen) atoms. The van der Waals surface area contributed by atoms with E-state index in [1.807, 2.05) is 0 Å². The van der Waals surface area contributed by atoms with Crippen LogP contribution in [0.2, 0.25) is 10.0 Å². The van der Waals surface area contributed by atoms with Gasteiger partial charge in [0.05, 0.1) is 15.6 Å². The lowest BCUT2D eigenvalue weighted by Crippen LogP contribution is -2.52. The van der Waals surface area contributed by atoms with Gasteiger partial charge in [0, 0.05) is 17.6 Å². The minimum atomic E-state index is -4.18. The molecule has 206 valence electrons. The number of nitrogens with one attached hydrogen (secondary N) is 1. The predicted octanol–water partition coefficient (Wildman–Crippen LogP) is 5.66. The van der Waals surface area contributed by atoms with Gasteiger partial charge in [-0.1, -0.05) is 84.6 Å². The van der Waals surface area contributed by atoms with Crippen molar-refractivity contribution >= 4 is 50.7 Å². The van der Waals surface area contributed by atoms with Gasteiger partial charge < -0.3 is 10.2 Å². The van der Waals surface area contributed by atoms with Crippen molar-refractivity contribution in [1.82, 2.24) is 10.2 Å². The minimum Gasteiger partial charge on any atom is -0.352 e. The molecule has 0 unspecified atom stereocenters. The van der Waals surface area contributed by atoms with Gasteiger partial charge in [0.25, 0.3) is 10.0 Å². The smallest absolute Gasteiger partial charge is 0.264 e. The van der Waals surface area contributed by atoms with Crippen LogP contribution in [0, 0.1) is 0 Å². The van der Waals surface area contributed by atoms with E-state index in [9.17, 15) is 18.0 Å². The maximum atomic E-state index is 14.0. The molecule has 0 aliphatic heterocycles. The van der Waals surface area contributed by atoms with Crippen molar-refractivity contribution in [2.45, 2.75) is 56.1 Å². The van der Waals surface area contributed by atoms with Gasteiger partial charge in [0.2, 0.25) is 11.8 Å². The van der Waals surface area contributed by atoms with E-state index in [4.69, 9.17) is 23.2 Å². The molecule has 1 atom stereocenters. The second kappa shape index (κ2) is 12.9. The third-order valence-electron chi connectivity index (χ3n) is 6.90. The van der Waals surface area contributed by atoms with Crippen molar-refractivity contribution in [2.75, 3.05) is 10.8 Å². The average Bonchev–Trinajstić information content (AvgIpc) is 3.45. The summed E-state index contributed by atoms with van der Waals surface area (Å²) in [6, 6.07) is 20.5. The van der Waals surface area contributed by atoms with Crippen molar-refractivity contribution in [3.05, 3.63) is 94.5 Å². The Labute approximate surface area is 239 Å². The number of sulfonamides is 1. The summed E-state index contributed by atoms with van der Waals surface area (Å²) in [5.74, 6) is -0.860. The standard InChI is InChI=1S/C29H31Cl2N3O4S/c1-21(29(36)32-23-12-6-7-13-23)33(19-22-11-5-8-16-25(22)30)28(35)20-34(27-18-10-9-17-26(27)31)39(37,38)24-14-3-2-4-15-24/h2-5,8-11,14-18,21,23H,6-7,12-13,19-20H2,1H3,(H,32,36)/t21-/m0/s1. The Kier molecular flexibility index (Phi) is 9.53. The summed E-state index contributed by atoms with van der Waals surface area (Å²) >= 11 is 12.8. The molecule has 1 fully saturated rings. The lowest BCUT2D eigenvalue weighted by molar-refractivity contribution is -0.139. The quantitative estimate of drug-likeness (QED) is 0.331. The van der Waals surface area contributed by atoms with Crippen molar-refractivity contribution in [2.24, 2.45) is 0 Å². The van der Waals surface area contributed by atoms with Gasteiger partial charge in [-0.25, -0.2) is 8.42 Å².